The molecule has 5 fully saturated rings. The highest BCUT2D eigenvalue weighted by atomic mass is 32.3. The first kappa shape index (κ1) is 82.8. The lowest BCUT2D eigenvalue weighted by Crippen LogP contribution is -2.71. The summed E-state index contributed by atoms with van der Waals surface area (Å²) >= 11 is 0. The van der Waals surface area contributed by atoms with Crippen LogP contribution in [0.1, 0.15) is 0 Å². The summed E-state index contributed by atoms with van der Waals surface area (Å²) in [6.07, 6.45) is -66.1. The van der Waals surface area contributed by atoms with Crippen molar-refractivity contribution in [1.29, 1.82) is 0 Å². The number of hydrogen-bond acceptors (Lipinski definition) is 41. The normalized spacial score (nSPS) is 37.7. The minimum absolute atomic E-state index is 0.608. The van der Waals surface area contributed by atoms with Gasteiger partial charge in [0.15, 0.2) is 49.8 Å². The highest BCUT2D eigenvalue weighted by Gasteiger charge is 2.62. The summed E-state index contributed by atoms with van der Waals surface area (Å²) in [6, 6.07) is -8.60. The molecule has 55 nitrogen and oxygen atoms in total. The molecule has 0 aromatic rings. The standard InChI is InChI=1S/C31H53N3O52S9/c1-71-27-9(33-88(47,48)49)18(84-93(62,63)64)17(6(76-27)3-73-91(56,57)58)79-31-22(86-95(68,69)70)15(39)21(24(83-31)26(42)43)81-29-10(34-89(50,51)52)19(85-94(65,66)67)16(7(77-29)4-74-92(59,60)61)78-30-14(38)13(37)20(23(82-30)25(40)41)80-28-8(32-87(44,45)46)12(36)11(35)5(75-28)2-72-90(53,54)55/h5-24,27-39H,2-4H2,1H3,(H,40,41)(H,42,43)(H,44,45,46)(H,47,48,49)(H,50,51,52)(H,53,54,55)(H,56,57,58)(H,59,60,61)(H,62,63,64)(H,65,66,67)(H,68,69,70)/t5-,6-,7-,8-,9-,10-,11-,12-,13-,14-,15+,16-,17-,18-,19-,20+,21+,22-,23+,24?,27+,28-,29-,30+,31+/m1/s1. The van der Waals surface area contributed by atoms with Crippen LogP contribution in [0.4, 0.5) is 0 Å². The second kappa shape index (κ2) is 31.2. The Hall–Kier alpha value is -2.83. The average Bonchev–Trinajstić information content (AvgIpc) is 0.764. The van der Waals surface area contributed by atoms with Crippen LogP contribution in [0.25, 0.3) is 0 Å². The summed E-state index contributed by atoms with van der Waals surface area (Å²) in [6.45, 7) is -5.33. The van der Waals surface area contributed by atoms with Gasteiger partial charge in [-0.2, -0.15) is 89.9 Å². The summed E-state index contributed by atoms with van der Waals surface area (Å²) in [5.41, 5.74) is 0. The van der Waals surface area contributed by atoms with Gasteiger partial charge in [-0.15, -0.1) is 0 Å². The molecule has 25 atom stereocenters. The Kier molecular flexibility index (Phi) is 27.2. The van der Waals surface area contributed by atoms with E-state index in [1.165, 1.54) is 9.44 Å². The average molecular weight is 1590 g/mol. The van der Waals surface area contributed by atoms with Crippen molar-refractivity contribution < 1.29 is 235 Å². The highest BCUT2D eigenvalue weighted by molar-refractivity contribution is 7.84. The number of nitrogens with one attached hydrogen (secondary N) is 3. The van der Waals surface area contributed by atoms with Crippen LogP contribution < -0.4 is 14.2 Å². The van der Waals surface area contributed by atoms with Gasteiger partial charge in [0.1, 0.15) is 104 Å². The molecule has 5 heterocycles. The molecule has 0 aliphatic carbocycles. The molecular weight excluding hydrogens is 1530 g/mol. The van der Waals surface area contributed by atoms with Crippen molar-refractivity contribution in [1.82, 2.24) is 14.2 Å². The number of hydrogen-bond donors (Lipinski definition) is 19. The first-order chi connectivity index (χ1) is 42.8. The highest BCUT2D eigenvalue weighted by Crippen LogP contribution is 2.39. The molecule has 0 aromatic carbocycles. The van der Waals surface area contributed by atoms with E-state index in [9.17, 15) is 158 Å². The fourth-order valence-electron chi connectivity index (χ4n) is 9.22. The van der Waals surface area contributed by atoms with E-state index in [4.69, 9.17) is 51.9 Å². The second-order valence-electron chi connectivity index (χ2n) is 19.2. The lowest BCUT2D eigenvalue weighted by atomic mass is 9.94. The maximum Gasteiger partial charge on any atom is 0.397 e. The first-order valence-corrected chi connectivity index (χ1v) is 36.7. The summed E-state index contributed by atoms with van der Waals surface area (Å²) < 4.78 is 386. The molecule has 1 unspecified atom stereocenters. The van der Waals surface area contributed by atoms with Gasteiger partial charge in [-0.3, -0.25) is 41.0 Å². The molecule has 5 rings (SSSR count). The quantitative estimate of drug-likeness (QED) is 0.0278. The molecule has 0 aromatic heterocycles. The first-order valence-electron chi connectivity index (χ1n) is 24.2. The molecule has 0 spiro atoms. The van der Waals surface area contributed by atoms with Gasteiger partial charge in [0.05, 0.1) is 19.8 Å². The number of aliphatic hydroxyl groups excluding tert-OH is 5. The Morgan fingerprint density at radius 3 is 1.03 bits per heavy atom. The fraction of sp³-hybridized carbons (Fsp3) is 0.935. The van der Waals surface area contributed by atoms with E-state index in [1.54, 1.807) is 0 Å². The lowest BCUT2D eigenvalue weighted by molar-refractivity contribution is -0.372. The molecule has 19 N–H and O–H groups in total. The number of carbonyl (C=O) groups is 2. The molecule has 64 heteroatoms. The summed E-state index contributed by atoms with van der Waals surface area (Å²) in [5, 5.41) is 76.7. The van der Waals surface area contributed by atoms with Crippen molar-refractivity contribution in [3.8, 4) is 0 Å². The van der Waals surface area contributed by atoms with Gasteiger partial charge >= 0.3 is 105 Å². The van der Waals surface area contributed by atoms with E-state index in [2.05, 4.69) is 25.1 Å². The minimum atomic E-state index is -6.41. The van der Waals surface area contributed by atoms with Gasteiger partial charge in [0.2, 0.25) is 0 Å². The van der Waals surface area contributed by atoms with Gasteiger partial charge in [0.25, 0.3) is 0 Å². The minimum Gasteiger partial charge on any atom is -0.479 e. The Labute approximate surface area is 531 Å². The molecule has 5 saturated heterocycles. The van der Waals surface area contributed by atoms with Gasteiger partial charge < -0.3 is 83.1 Å². The van der Waals surface area contributed by atoms with E-state index >= 15 is 0 Å². The third-order valence-electron chi connectivity index (χ3n) is 12.6. The zero-order valence-corrected chi connectivity index (χ0v) is 52.9. The molecule has 0 saturated carbocycles. The van der Waals surface area contributed by atoms with Crippen molar-refractivity contribution in [2.45, 2.75) is 153 Å². The molecule has 0 radical (unpaired) electrons. The van der Waals surface area contributed by atoms with Crippen molar-refractivity contribution >= 4 is 105 Å². The summed E-state index contributed by atoms with van der Waals surface area (Å²) in [4.78, 5) is 25.9. The van der Waals surface area contributed by atoms with Crippen molar-refractivity contribution in [2.75, 3.05) is 26.9 Å². The zero-order chi connectivity index (χ0) is 72.6. The van der Waals surface area contributed by atoms with Crippen molar-refractivity contribution in [3.05, 3.63) is 0 Å². The summed E-state index contributed by atoms with van der Waals surface area (Å²) in [5.74, 6) is -5.04. The van der Waals surface area contributed by atoms with Crippen LogP contribution in [0.2, 0.25) is 0 Å². The van der Waals surface area contributed by atoms with Crippen LogP contribution in [0, 0.1) is 0 Å². The van der Waals surface area contributed by atoms with Crippen LogP contribution >= 0.6 is 0 Å². The van der Waals surface area contributed by atoms with Crippen molar-refractivity contribution in [2.24, 2.45) is 0 Å². The number of aliphatic hydroxyl groups is 5. The summed E-state index contributed by atoms with van der Waals surface area (Å²) in [7, 11) is -52.9. The number of aliphatic carboxylic acids is 2. The third-order valence-corrected chi connectivity index (χ3v) is 17.0. The number of ether oxygens (including phenoxy) is 10. The van der Waals surface area contributed by atoms with E-state index in [0.29, 0.717) is 7.11 Å². The predicted molar refractivity (Wildman–Crippen MR) is 272 cm³/mol. The van der Waals surface area contributed by atoms with Crippen LogP contribution in [0.5, 0.6) is 0 Å². The van der Waals surface area contributed by atoms with E-state index < -0.39 is 278 Å². The van der Waals surface area contributed by atoms with Crippen LogP contribution in [-0.2, 0) is 175 Å². The lowest BCUT2D eigenvalue weighted by Gasteiger charge is -2.50. The second-order valence-corrected chi connectivity index (χ2v) is 29.2. The number of methoxy groups -OCH3 is 1. The third kappa shape index (κ3) is 24.7. The molecule has 5 aliphatic heterocycles. The largest absolute Gasteiger partial charge is 0.479 e. The van der Waals surface area contributed by atoms with Crippen LogP contribution in [-0.4, -0.2) is 345 Å². The SMILES string of the molecule is CO[C@H]1O[C@H](COS(=O)(=O)O)[C@@H](O[C@H]2OC(C(=O)O)[C@@H](O[C@H]3O[C@H](COS(=O)(=O)O)[C@@H](O[C@H]4O[C@H](C(=O)O)[C@@H](O[C@H]5O[C@H](COS(=O)(=O)O)[C@@H](O)[C@H](O)[C@H]5NS(=O)(=O)O)[C@H](O)[C@H]4O)[C@H](OS(=O)(=O)O)[C@H]3NS(=O)(=O)O)[C@H](O)[C@H]2OS(=O)(=O)O)[C@H](OS(=O)(=O)O)[C@H]1NS(=O)(=O)O. The van der Waals surface area contributed by atoms with Gasteiger partial charge in [-0.05, 0) is 0 Å². The molecule has 95 heavy (non-hydrogen) atoms. The van der Waals surface area contributed by atoms with Crippen molar-refractivity contribution in [3.63, 3.8) is 0 Å². The molecule has 558 valence electrons. The van der Waals surface area contributed by atoms with E-state index in [0.717, 1.165) is 4.72 Å². The molecular formula is C31H53N3O52S9. The van der Waals surface area contributed by atoms with Gasteiger partial charge in [0, 0.05) is 7.11 Å². The predicted octanol–water partition coefficient (Wildman–Crippen LogP) is -13.9. The van der Waals surface area contributed by atoms with Gasteiger partial charge in [-0.1, -0.05) is 0 Å². The molecule has 0 bridgehead atoms. The number of rotatable bonds is 32. The topological polar surface area (TPSA) is 849 Å². The Bertz CT molecular complexity index is 3770. The molecule has 0 amide bonds. The molecule has 5 aliphatic rings. The van der Waals surface area contributed by atoms with E-state index in [-0.39, 0.29) is 0 Å². The zero-order valence-electron chi connectivity index (χ0n) is 45.6. The maximum atomic E-state index is 13.1. The fourth-order valence-corrected chi connectivity index (χ4v) is 13.4. The number of carboxylic acid groups (broad SMARTS) is 2. The Morgan fingerprint density at radius 1 is 0.337 bits per heavy atom. The number of carboxylic acids is 2. The Balaban J connectivity index is 1.63. The monoisotopic (exact) mass is 1590 g/mol. The van der Waals surface area contributed by atoms with E-state index in [1.807, 2.05) is 0 Å². The van der Waals surface area contributed by atoms with Crippen LogP contribution in [0.15, 0.2) is 0 Å². The smallest absolute Gasteiger partial charge is 0.397 e. The van der Waals surface area contributed by atoms with Crippen LogP contribution in [0.3, 0.4) is 0 Å². The maximum absolute atomic E-state index is 13.1. The van der Waals surface area contributed by atoms with Gasteiger partial charge in [-0.25, -0.2) is 34.7 Å². The Morgan fingerprint density at radius 2 is 0.653 bits per heavy atom.